The summed E-state index contributed by atoms with van der Waals surface area (Å²) in [5.74, 6) is 1.44. The Hall–Kier alpha value is -6.08. The maximum Gasteiger partial charge on any atom is 0.161 e. The SMILES string of the molecule is c1ccc(-c2cc(-c3ccccc3)nc(-c3ccc4c(c3)sc3cccc(-c5nc(-c6ccccc6)c6sc7ccccc7c6n5)c34)n2)cc1. The second-order valence-electron chi connectivity index (χ2n) is 12.2. The summed E-state index contributed by atoms with van der Waals surface area (Å²) in [5, 5.41) is 3.50. The number of nitrogens with zero attached hydrogens (tertiary/aromatic N) is 4. The van der Waals surface area contributed by atoms with E-state index in [1.54, 1.807) is 22.7 Å². The Bertz CT molecular complexity index is 2800. The molecule has 6 aromatic carbocycles. The van der Waals surface area contributed by atoms with E-state index in [0.717, 1.165) is 66.3 Å². The van der Waals surface area contributed by atoms with Crippen LogP contribution in [-0.2, 0) is 0 Å². The molecule has 50 heavy (non-hydrogen) atoms. The van der Waals surface area contributed by atoms with E-state index in [1.807, 2.05) is 42.5 Å². The molecule has 0 aliphatic heterocycles. The van der Waals surface area contributed by atoms with E-state index in [1.165, 1.54) is 24.9 Å². The molecule has 0 spiro atoms. The highest BCUT2D eigenvalue weighted by molar-refractivity contribution is 7.26. The Morgan fingerprint density at radius 1 is 0.380 bits per heavy atom. The van der Waals surface area contributed by atoms with Gasteiger partial charge in [-0.3, -0.25) is 0 Å². The molecule has 10 aromatic rings. The summed E-state index contributed by atoms with van der Waals surface area (Å²) >= 11 is 3.54. The molecule has 4 heterocycles. The van der Waals surface area contributed by atoms with Crippen LogP contribution >= 0.6 is 22.7 Å². The highest BCUT2D eigenvalue weighted by Gasteiger charge is 2.20. The minimum absolute atomic E-state index is 0.704. The number of rotatable bonds is 5. The van der Waals surface area contributed by atoms with Crippen LogP contribution in [0.4, 0.5) is 0 Å². The summed E-state index contributed by atoms with van der Waals surface area (Å²) in [6.07, 6.45) is 0. The van der Waals surface area contributed by atoms with Crippen molar-refractivity contribution in [2.24, 2.45) is 0 Å². The van der Waals surface area contributed by atoms with Crippen LogP contribution in [0.25, 0.3) is 97.0 Å². The zero-order valence-corrected chi connectivity index (χ0v) is 28.2. The third-order valence-electron chi connectivity index (χ3n) is 9.13. The van der Waals surface area contributed by atoms with Crippen LogP contribution in [0.2, 0.25) is 0 Å². The van der Waals surface area contributed by atoms with Crippen molar-refractivity contribution in [2.45, 2.75) is 0 Å². The van der Waals surface area contributed by atoms with Crippen molar-refractivity contribution in [1.82, 2.24) is 19.9 Å². The molecule has 10 rings (SSSR count). The van der Waals surface area contributed by atoms with Crippen molar-refractivity contribution in [3.05, 3.63) is 158 Å². The van der Waals surface area contributed by atoms with E-state index in [9.17, 15) is 0 Å². The average molecular weight is 675 g/mol. The van der Waals surface area contributed by atoms with Gasteiger partial charge in [-0.25, -0.2) is 19.9 Å². The Balaban J connectivity index is 1.16. The molecule has 0 N–H and O–H groups in total. The summed E-state index contributed by atoms with van der Waals surface area (Å²) < 4.78 is 4.69. The second-order valence-corrected chi connectivity index (χ2v) is 14.4. The van der Waals surface area contributed by atoms with Gasteiger partial charge < -0.3 is 0 Å². The molecule has 234 valence electrons. The first-order valence-corrected chi connectivity index (χ1v) is 18.1. The molecule has 0 unspecified atom stereocenters. The fraction of sp³-hybridized carbons (Fsp3) is 0. The second kappa shape index (κ2) is 11.8. The number of fused-ring (bicyclic) bond motifs is 6. The Morgan fingerprint density at radius 3 is 1.74 bits per heavy atom. The predicted octanol–water partition coefficient (Wildman–Crippen LogP) is 12.3. The molecule has 6 heteroatoms. The first kappa shape index (κ1) is 28.9. The largest absolute Gasteiger partial charge is 0.228 e. The maximum atomic E-state index is 5.30. The number of benzene rings is 6. The summed E-state index contributed by atoms with van der Waals surface area (Å²) in [4.78, 5) is 20.8. The number of thiophene rings is 2. The van der Waals surface area contributed by atoms with Gasteiger partial charge >= 0.3 is 0 Å². The first-order chi connectivity index (χ1) is 24.8. The summed E-state index contributed by atoms with van der Waals surface area (Å²) in [6, 6.07) is 54.8. The third-order valence-corrected chi connectivity index (χ3v) is 11.4. The summed E-state index contributed by atoms with van der Waals surface area (Å²) in [6.45, 7) is 0. The van der Waals surface area contributed by atoms with Gasteiger partial charge in [-0.05, 0) is 24.3 Å². The minimum atomic E-state index is 0.704. The van der Waals surface area contributed by atoms with Crippen LogP contribution in [0.15, 0.2) is 158 Å². The van der Waals surface area contributed by atoms with E-state index >= 15 is 0 Å². The van der Waals surface area contributed by atoms with Gasteiger partial charge in [0.15, 0.2) is 11.6 Å². The zero-order valence-electron chi connectivity index (χ0n) is 26.6. The minimum Gasteiger partial charge on any atom is -0.228 e. The molecular formula is C44H26N4S2. The van der Waals surface area contributed by atoms with E-state index < -0.39 is 0 Å². The number of hydrogen-bond acceptors (Lipinski definition) is 6. The zero-order chi connectivity index (χ0) is 33.0. The van der Waals surface area contributed by atoms with Crippen LogP contribution < -0.4 is 0 Å². The fourth-order valence-electron chi connectivity index (χ4n) is 6.74. The molecule has 0 saturated carbocycles. The standard InChI is InChI=1S/C44H26N4S2/c1-4-13-27(14-5-1)34-26-35(28-15-6-2-7-16-28)46-43(45-34)30-23-24-31-38(25-30)49-37-22-12-20-33(39(31)37)44-47-40(29-17-8-3-9-18-29)42-41(48-44)32-19-10-11-21-36(32)50-42/h1-26H. The molecule has 0 bridgehead atoms. The van der Waals surface area contributed by atoms with Gasteiger partial charge in [-0.15, -0.1) is 22.7 Å². The lowest BCUT2D eigenvalue weighted by Crippen LogP contribution is -1.95. The van der Waals surface area contributed by atoms with E-state index in [-0.39, 0.29) is 0 Å². The lowest BCUT2D eigenvalue weighted by molar-refractivity contribution is 1.18. The van der Waals surface area contributed by atoms with Crippen LogP contribution in [0.3, 0.4) is 0 Å². The van der Waals surface area contributed by atoms with Crippen molar-refractivity contribution in [3.63, 3.8) is 0 Å². The lowest BCUT2D eigenvalue weighted by Gasteiger charge is -2.10. The summed E-state index contributed by atoms with van der Waals surface area (Å²) in [5.41, 5.74) is 8.99. The van der Waals surface area contributed by atoms with E-state index in [0.29, 0.717) is 5.82 Å². The molecular weight excluding hydrogens is 649 g/mol. The van der Waals surface area contributed by atoms with Crippen LogP contribution in [0, 0.1) is 0 Å². The lowest BCUT2D eigenvalue weighted by atomic mass is 10.0. The third kappa shape index (κ3) is 4.88. The van der Waals surface area contributed by atoms with Crippen LogP contribution in [-0.4, -0.2) is 19.9 Å². The van der Waals surface area contributed by atoms with Crippen molar-refractivity contribution in [3.8, 4) is 56.5 Å². The Kier molecular flexibility index (Phi) is 6.82. The highest BCUT2D eigenvalue weighted by atomic mass is 32.1. The molecule has 0 fully saturated rings. The molecule has 4 nitrogen and oxygen atoms in total. The number of hydrogen-bond donors (Lipinski definition) is 0. The van der Waals surface area contributed by atoms with Crippen molar-refractivity contribution in [1.29, 1.82) is 0 Å². The van der Waals surface area contributed by atoms with Gasteiger partial charge in [-0.2, -0.15) is 0 Å². The summed E-state index contributed by atoms with van der Waals surface area (Å²) in [7, 11) is 0. The maximum absolute atomic E-state index is 5.30. The Labute approximate surface area is 296 Å². The van der Waals surface area contributed by atoms with Gasteiger partial charge in [-0.1, -0.05) is 133 Å². The van der Waals surface area contributed by atoms with Crippen molar-refractivity contribution in [2.75, 3.05) is 0 Å². The normalized spacial score (nSPS) is 11.6. The van der Waals surface area contributed by atoms with Crippen molar-refractivity contribution >= 4 is 63.1 Å². The monoisotopic (exact) mass is 674 g/mol. The van der Waals surface area contributed by atoms with Crippen molar-refractivity contribution < 1.29 is 0 Å². The van der Waals surface area contributed by atoms with Gasteiger partial charge in [0.05, 0.1) is 27.3 Å². The van der Waals surface area contributed by atoms with Crippen LogP contribution in [0.1, 0.15) is 0 Å². The smallest absolute Gasteiger partial charge is 0.161 e. The van der Waals surface area contributed by atoms with Gasteiger partial charge in [0, 0.05) is 58.1 Å². The topological polar surface area (TPSA) is 51.6 Å². The van der Waals surface area contributed by atoms with E-state index in [4.69, 9.17) is 19.9 Å². The highest BCUT2D eigenvalue weighted by Crippen LogP contribution is 2.43. The van der Waals surface area contributed by atoms with Gasteiger partial charge in [0.2, 0.25) is 0 Å². The van der Waals surface area contributed by atoms with Crippen LogP contribution in [0.5, 0.6) is 0 Å². The average Bonchev–Trinajstić information content (AvgIpc) is 3.76. The molecule has 0 aliphatic carbocycles. The molecule has 0 radical (unpaired) electrons. The first-order valence-electron chi connectivity index (χ1n) is 16.5. The van der Waals surface area contributed by atoms with Gasteiger partial charge in [0.25, 0.3) is 0 Å². The fourth-order valence-corrected chi connectivity index (χ4v) is 9.07. The molecule has 0 amide bonds. The predicted molar refractivity (Wildman–Crippen MR) is 211 cm³/mol. The van der Waals surface area contributed by atoms with Gasteiger partial charge in [0.1, 0.15) is 0 Å². The Morgan fingerprint density at radius 2 is 1.02 bits per heavy atom. The number of aromatic nitrogens is 4. The quantitative estimate of drug-likeness (QED) is 0.182. The molecule has 0 saturated heterocycles. The molecule has 0 atom stereocenters. The van der Waals surface area contributed by atoms with E-state index in [2.05, 4.69) is 115 Å². The molecule has 0 aliphatic rings. The molecule has 4 aromatic heterocycles.